The molecule has 2 N–H and O–H groups in total. The van der Waals surface area contributed by atoms with Crippen molar-refractivity contribution in [3.8, 4) is 0 Å². The summed E-state index contributed by atoms with van der Waals surface area (Å²) >= 11 is 0. The second-order valence-electron chi connectivity index (χ2n) is 8.29. The van der Waals surface area contributed by atoms with Gasteiger partial charge >= 0.3 is 5.97 Å². The summed E-state index contributed by atoms with van der Waals surface area (Å²) in [7, 11) is 1.40. The molecule has 6 nitrogen and oxygen atoms in total. The van der Waals surface area contributed by atoms with Gasteiger partial charge in [-0.3, -0.25) is 0 Å². The minimum absolute atomic E-state index is 0.109. The molecular formula is C20H24N2O4. The first-order chi connectivity index (χ1) is 12.4. The zero-order valence-electron chi connectivity index (χ0n) is 15.1. The van der Waals surface area contributed by atoms with E-state index in [-0.39, 0.29) is 28.5 Å². The number of aliphatic hydroxyl groups is 1. The molecule has 3 heterocycles. The molecule has 3 aliphatic heterocycles. The molecule has 138 valence electrons. The maximum absolute atomic E-state index is 13.7. The maximum Gasteiger partial charge on any atom is 0.335 e. The van der Waals surface area contributed by atoms with E-state index in [9.17, 15) is 15.1 Å². The van der Waals surface area contributed by atoms with Gasteiger partial charge < -0.3 is 25.0 Å². The van der Waals surface area contributed by atoms with Gasteiger partial charge in [0.15, 0.2) is 0 Å². The SMILES string of the molecule is COC(=O)C1=C2Nc3ccccc3[C@@]23CC[N+]2([O-])C[C@H]([C@@H](C)O)[C@@H]1C[C@@H]32. The third kappa shape index (κ3) is 1.75. The number of hydrogen-bond acceptors (Lipinski definition) is 5. The summed E-state index contributed by atoms with van der Waals surface area (Å²) in [5, 5.41) is 27.6. The lowest BCUT2D eigenvalue weighted by Crippen LogP contribution is -2.64. The molecule has 2 bridgehead atoms. The van der Waals surface area contributed by atoms with Gasteiger partial charge in [-0.05, 0) is 18.6 Å². The van der Waals surface area contributed by atoms with E-state index in [0.29, 0.717) is 25.1 Å². The number of ether oxygens (including phenoxy) is 1. The molecule has 1 unspecified atom stereocenters. The van der Waals surface area contributed by atoms with Crippen molar-refractivity contribution >= 4 is 11.7 Å². The van der Waals surface area contributed by atoms with E-state index in [1.807, 2.05) is 18.2 Å². The third-order valence-electron chi connectivity index (χ3n) is 7.31. The number of rotatable bonds is 2. The minimum Gasteiger partial charge on any atom is -0.633 e. The van der Waals surface area contributed by atoms with Gasteiger partial charge in [0.05, 0.1) is 37.3 Å². The summed E-state index contributed by atoms with van der Waals surface area (Å²) in [4.78, 5) is 12.8. The van der Waals surface area contributed by atoms with Crippen molar-refractivity contribution in [2.45, 2.75) is 37.3 Å². The number of quaternary nitrogens is 1. The fraction of sp³-hybridized carbons (Fsp3) is 0.550. The molecular weight excluding hydrogens is 332 g/mol. The molecule has 4 aliphatic rings. The molecule has 26 heavy (non-hydrogen) atoms. The number of nitrogens with zero attached hydrogens (tertiary/aromatic N) is 1. The van der Waals surface area contributed by atoms with Crippen molar-refractivity contribution in [2.24, 2.45) is 11.8 Å². The van der Waals surface area contributed by atoms with Crippen LogP contribution in [0.5, 0.6) is 0 Å². The second-order valence-corrected chi connectivity index (χ2v) is 8.29. The highest BCUT2D eigenvalue weighted by atomic mass is 16.6. The van der Waals surface area contributed by atoms with Crippen LogP contribution in [-0.4, -0.2) is 48.1 Å². The van der Waals surface area contributed by atoms with Crippen molar-refractivity contribution in [3.63, 3.8) is 0 Å². The normalized spacial score (nSPS) is 40.5. The summed E-state index contributed by atoms with van der Waals surface area (Å²) in [6, 6.07) is 7.96. The largest absolute Gasteiger partial charge is 0.633 e. The predicted octanol–water partition coefficient (Wildman–Crippen LogP) is 1.89. The summed E-state index contributed by atoms with van der Waals surface area (Å²) in [5.74, 6) is -0.714. The molecule has 1 aliphatic carbocycles. The zero-order chi connectivity index (χ0) is 18.3. The van der Waals surface area contributed by atoms with E-state index in [1.54, 1.807) is 6.92 Å². The molecule has 5 rings (SSSR count). The average molecular weight is 356 g/mol. The fourth-order valence-electron chi connectivity index (χ4n) is 6.25. The molecule has 0 radical (unpaired) electrons. The van der Waals surface area contributed by atoms with Gasteiger partial charge in [0.1, 0.15) is 6.04 Å². The summed E-state index contributed by atoms with van der Waals surface area (Å²) in [5.41, 5.74) is 3.18. The molecule has 6 atom stereocenters. The van der Waals surface area contributed by atoms with Crippen molar-refractivity contribution in [1.29, 1.82) is 0 Å². The topological polar surface area (TPSA) is 81.6 Å². The standard InChI is InChI=1S/C20H24N2O4/c1-11(23)13-10-22(25)8-7-20-14-5-3-4-6-15(14)21-18(20)17(19(24)26-2)12(13)9-16(20)22/h3-6,11-13,16,21,23H,7-10H2,1-2H3/t11-,12+,13-,16+,20-,22?/m1/s1. The lowest BCUT2D eigenvalue weighted by atomic mass is 9.60. The number of hydrogen-bond donors (Lipinski definition) is 2. The van der Waals surface area contributed by atoms with E-state index in [1.165, 1.54) is 7.11 Å². The Balaban J connectivity index is 1.80. The second kappa shape index (κ2) is 5.09. The quantitative estimate of drug-likeness (QED) is 0.480. The molecule has 6 heteroatoms. The van der Waals surface area contributed by atoms with Crippen LogP contribution in [0.2, 0.25) is 0 Å². The van der Waals surface area contributed by atoms with Crippen LogP contribution in [0.4, 0.5) is 5.69 Å². The van der Waals surface area contributed by atoms with E-state index in [2.05, 4.69) is 11.4 Å². The van der Waals surface area contributed by atoms with Gasteiger partial charge in [0, 0.05) is 36.1 Å². The Morgan fingerprint density at radius 2 is 2.23 bits per heavy atom. The highest BCUT2D eigenvalue weighted by Gasteiger charge is 2.68. The number of anilines is 1. The van der Waals surface area contributed by atoms with E-state index in [4.69, 9.17) is 4.74 Å². The number of carbonyl (C=O) groups excluding carboxylic acids is 1. The Morgan fingerprint density at radius 1 is 1.46 bits per heavy atom. The number of esters is 1. The molecule has 0 aromatic heterocycles. The zero-order valence-corrected chi connectivity index (χ0v) is 15.1. The Bertz CT molecular complexity index is 835. The number of nitrogens with one attached hydrogen (secondary N) is 1. The van der Waals surface area contributed by atoms with Crippen LogP contribution in [0.3, 0.4) is 0 Å². The lowest BCUT2D eigenvalue weighted by Gasteiger charge is -2.58. The van der Waals surface area contributed by atoms with Crippen LogP contribution < -0.4 is 5.32 Å². The number of fused-ring (bicyclic) bond motifs is 2. The van der Waals surface area contributed by atoms with Crippen LogP contribution in [0, 0.1) is 17.0 Å². The number of carbonyl (C=O) groups is 1. The third-order valence-corrected chi connectivity index (χ3v) is 7.31. The van der Waals surface area contributed by atoms with Crippen molar-refractivity contribution in [2.75, 3.05) is 25.5 Å². The van der Waals surface area contributed by atoms with Gasteiger partial charge in [0.25, 0.3) is 0 Å². The van der Waals surface area contributed by atoms with Gasteiger partial charge in [0.2, 0.25) is 0 Å². The van der Waals surface area contributed by atoms with Crippen molar-refractivity contribution in [3.05, 3.63) is 46.3 Å². The lowest BCUT2D eigenvalue weighted by molar-refractivity contribution is -0.905. The number of aliphatic hydroxyl groups excluding tert-OH is 1. The summed E-state index contributed by atoms with van der Waals surface area (Å²) in [6.07, 6.45) is 0.713. The van der Waals surface area contributed by atoms with Gasteiger partial charge in [-0.15, -0.1) is 0 Å². The molecule has 2 fully saturated rings. The maximum atomic E-state index is 13.7. The Morgan fingerprint density at radius 3 is 2.96 bits per heavy atom. The summed E-state index contributed by atoms with van der Waals surface area (Å²) < 4.78 is 4.88. The molecule has 1 aromatic carbocycles. The minimum atomic E-state index is -0.637. The van der Waals surface area contributed by atoms with Crippen molar-refractivity contribution in [1.82, 2.24) is 0 Å². The molecule has 0 saturated carbocycles. The van der Waals surface area contributed by atoms with Gasteiger partial charge in [-0.25, -0.2) is 4.79 Å². The van der Waals surface area contributed by atoms with Gasteiger partial charge in [-0.1, -0.05) is 18.2 Å². The predicted molar refractivity (Wildman–Crippen MR) is 95.8 cm³/mol. The van der Waals surface area contributed by atoms with Crippen LogP contribution in [0.15, 0.2) is 35.5 Å². The van der Waals surface area contributed by atoms with Crippen LogP contribution in [0.1, 0.15) is 25.3 Å². The monoisotopic (exact) mass is 356 g/mol. The highest BCUT2D eigenvalue weighted by Crippen LogP contribution is 2.63. The Kier molecular flexibility index (Phi) is 3.19. The molecule has 0 amide bonds. The number of benzene rings is 1. The van der Waals surface area contributed by atoms with Gasteiger partial charge in [-0.2, -0.15) is 0 Å². The average Bonchev–Trinajstić information content (AvgIpc) is 3.14. The highest BCUT2D eigenvalue weighted by molar-refractivity contribution is 5.93. The number of piperidine rings is 1. The Hall–Kier alpha value is -1.89. The Labute approximate surface area is 152 Å². The number of hydroxylamine groups is 3. The first-order valence-corrected chi connectivity index (χ1v) is 9.37. The molecule has 1 spiro atoms. The van der Waals surface area contributed by atoms with E-state index < -0.39 is 11.5 Å². The number of para-hydroxylation sites is 1. The first kappa shape index (κ1) is 16.3. The number of methoxy groups -OCH3 is 1. The van der Waals surface area contributed by atoms with Crippen LogP contribution >= 0.6 is 0 Å². The van der Waals surface area contributed by atoms with E-state index >= 15 is 0 Å². The molecule has 2 saturated heterocycles. The van der Waals surface area contributed by atoms with Crippen molar-refractivity contribution < 1.29 is 19.3 Å². The first-order valence-electron chi connectivity index (χ1n) is 9.37. The molecule has 1 aromatic rings. The summed E-state index contributed by atoms with van der Waals surface area (Å²) in [6.45, 7) is 2.62. The fourth-order valence-corrected chi connectivity index (χ4v) is 6.25. The van der Waals surface area contributed by atoms with Crippen LogP contribution in [0.25, 0.3) is 0 Å². The van der Waals surface area contributed by atoms with E-state index in [0.717, 1.165) is 23.4 Å². The smallest absolute Gasteiger partial charge is 0.335 e. The van der Waals surface area contributed by atoms with Crippen LogP contribution in [-0.2, 0) is 14.9 Å².